The second kappa shape index (κ2) is 21.0. The maximum absolute atomic E-state index is 12.1. The number of ketones is 1. The molecule has 6 nitrogen and oxygen atoms in total. The van der Waals surface area contributed by atoms with Crippen LogP contribution in [-0.4, -0.2) is 35.1 Å². The summed E-state index contributed by atoms with van der Waals surface area (Å²) in [6.45, 7) is 11.8. The number of para-hydroxylation sites is 1. The van der Waals surface area contributed by atoms with E-state index < -0.39 is 6.10 Å². The number of aliphatic hydroxyl groups excluding tert-OH is 1. The van der Waals surface area contributed by atoms with Crippen molar-refractivity contribution in [2.75, 3.05) is 0 Å². The summed E-state index contributed by atoms with van der Waals surface area (Å²) in [6, 6.07) is 38.6. The number of aromatic hydroxyl groups is 1. The van der Waals surface area contributed by atoms with Gasteiger partial charge in [0.2, 0.25) is 0 Å². The van der Waals surface area contributed by atoms with Crippen molar-refractivity contribution in [2.45, 2.75) is 66.1 Å². The number of Topliss-reactive ketones (excluding diaryl/α,β-unsaturated/α-hetero) is 1. The fourth-order valence-electron chi connectivity index (χ4n) is 6.29. The van der Waals surface area contributed by atoms with Crippen molar-refractivity contribution in [1.82, 2.24) is 0 Å². The number of hydrogen-bond acceptors (Lipinski definition) is 6. The van der Waals surface area contributed by atoms with E-state index in [1.807, 2.05) is 149 Å². The number of nitrogens with zero attached hydrogens (tertiary/aromatic N) is 1. The zero-order chi connectivity index (χ0) is 38.9. The normalized spacial score (nSPS) is 14.6. The number of benzene rings is 5. The van der Waals surface area contributed by atoms with Crippen LogP contribution in [0.15, 0.2) is 144 Å². The van der Waals surface area contributed by atoms with Gasteiger partial charge in [0.25, 0.3) is 0 Å². The van der Waals surface area contributed by atoms with Gasteiger partial charge in [-0.15, -0.1) is 0 Å². The van der Waals surface area contributed by atoms with Crippen LogP contribution in [0.4, 0.5) is 5.69 Å². The van der Waals surface area contributed by atoms with E-state index in [-0.39, 0.29) is 17.5 Å². The van der Waals surface area contributed by atoms with E-state index >= 15 is 0 Å². The number of aldehydes is 1. The molecule has 0 fully saturated rings. The van der Waals surface area contributed by atoms with E-state index in [0.29, 0.717) is 36.3 Å². The monoisotopic (exact) mass is 721 g/mol. The Balaban J connectivity index is 0.000000273. The van der Waals surface area contributed by atoms with Crippen LogP contribution in [0.5, 0.6) is 11.5 Å². The molecular formula is C48H51NO5. The van der Waals surface area contributed by atoms with Crippen LogP contribution >= 0.6 is 0 Å². The Kier molecular flexibility index (Phi) is 15.9. The first kappa shape index (κ1) is 40.9. The number of hydrogen-bond donors (Lipinski definition) is 2. The third kappa shape index (κ3) is 11.6. The Morgan fingerprint density at radius 3 is 2.02 bits per heavy atom. The lowest BCUT2D eigenvalue weighted by Crippen LogP contribution is -2.23. The van der Waals surface area contributed by atoms with Gasteiger partial charge in [-0.2, -0.15) is 0 Å². The number of aliphatic imine (C=N–C) groups is 1. The molecule has 0 heterocycles. The van der Waals surface area contributed by atoms with Crippen molar-refractivity contribution in [3.05, 3.63) is 178 Å². The topological polar surface area (TPSA) is 96.2 Å². The number of allylic oxidation sites excluding steroid dienone is 3. The molecule has 2 N–H and O–H groups in total. The van der Waals surface area contributed by atoms with Crippen molar-refractivity contribution >= 4 is 30.0 Å². The number of carbonyl (C=O) groups excluding carboxylic acids is 2. The van der Waals surface area contributed by atoms with Gasteiger partial charge < -0.3 is 14.9 Å². The highest BCUT2D eigenvalue weighted by Crippen LogP contribution is 2.34. The van der Waals surface area contributed by atoms with E-state index in [1.54, 1.807) is 12.1 Å². The minimum absolute atomic E-state index is 0.0402. The number of rotatable bonds is 12. The minimum Gasteiger partial charge on any atom is -0.507 e. The predicted molar refractivity (Wildman–Crippen MR) is 221 cm³/mol. The summed E-state index contributed by atoms with van der Waals surface area (Å²) in [5, 5.41) is 20.5. The minimum atomic E-state index is -0.490. The summed E-state index contributed by atoms with van der Waals surface area (Å²) < 4.78 is 5.85. The average molecular weight is 722 g/mol. The summed E-state index contributed by atoms with van der Waals surface area (Å²) in [4.78, 5) is 28.1. The third-order valence-electron chi connectivity index (χ3n) is 9.25. The molecule has 54 heavy (non-hydrogen) atoms. The largest absolute Gasteiger partial charge is 0.507 e. The Morgan fingerprint density at radius 1 is 0.852 bits per heavy atom. The molecule has 6 heteroatoms. The zero-order valence-corrected chi connectivity index (χ0v) is 31.7. The molecule has 5 aromatic rings. The van der Waals surface area contributed by atoms with Crippen LogP contribution in [-0.2, 0) is 24.2 Å². The van der Waals surface area contributed by atoms with Crippen LogP contribution in [0.3, 0.4) is 0 Å². The first-order valence-corrected chi connectivity index (χ1v) is 18.5. The van der Waals surface area contributed by atoms with Gasteiger partial charge in [-0.3, -0.25) is 14.6 Å². The Morgan fingerprint density at radius 2 is 1.44 bits per heavy atom. The highest BCUT2D eigenvalue weighted by molar-refractivity contribution is 6.11. The molecule has 0 saturated carbocycles. The van der Waals surface area contributed by atoms with E-state index in [1.165, 1.54) is 0 Å². The number of aryl methyl sites for hydroxylation is 2. The number of ether oxygens (including phenoxy) is 1. The maximum atomic E-state index is 12.1. The Hall–Kier alpha value is -5.85. The third-order valence-corrected chi connectivity index (χ3v) is 9.25. The van der Waals surface area contributed by atoms with Gasteiger partial charge in [0.1, 0.15) is 18.1 Å². The van der Waals surface area contributed by atoms with Gasteiger partial charge in [0.15, 0.2) is 12.1 Å². The van der Waals surface area contributed by atoms with Gasteiger partial charge >= 0.3 is 0 Å². The Bertz CT molecular complexity index is 2010. The quantitative estimate of drug-likeness (QED) is 0.0579. The zero-order valence-electron chi connectivity index (χ0n) is 31.7. The molecule has 0 amide bonds. The smallest absolute Gasteiger partial charge is 0.167 e. The van der Waals surface area contributed by atoms with Crippen molar-refractivity contribution in [3.63, 3.8) is 0 Å². The number of carbonyl (C=O) groups is 2. The lowest BCUT2D eigenvalue weighted by Gasteiger charge is -2.24. The summed E-state index contributed by atoms with van der Waals surface area (Å²) >= 11 is 0. The van der Waals surface area contributed by atoms with Crippen LogP contribution in [0.1, 0.15) is 70.4 Å². The first-order chi connectivity index (χ1) is 26.2. The molecule has 0 spiro atoms. The molecule has 5 aromatic carbocycles. The van der Waals surface area contributed by atoms with Crippen molar-refractivity contribution in [2.24, 2.45) is 10.9 Å². The molecule has 0 aromatic heterocycles. The van der Waals surface area contributed by atoms with E-state index in [0.717, 1.165) is 63.8 Å². The molecule has 6 rings (SSSR count). The fraction of sp³-hybridized carbons (Fsp3) is 0.229. The van der Waals surface area contributed by atoms with Gasteiger partial charge in [-0.05, 0) is 104 Å². The van der Waals surface area contributed by atoms with Crippen LogP contribution in [0, 0.1) is 19.8 Å². The van der Waals surface area contributed by atoms with E-state index in [2.05, 4.69) is 11.7 Å². The van der Waals surface area contributed by atoms with Gasteiger partial charge in [0, 0.05) is 29.0 Å². The van der Waals surface area contributed by atoms with Crippen LogP contribution in [0.2, 0.25) is 0 Å². The standard InChI is InChI=1S/C30H29NO3.C16H16O2.C2H6/c1-31-29-10-6-5-9-27(29)28(20-32)24-13-15-25(16-14-24)30(33)19-22-11-17-26(18-12-22)34-21-23-7-3-2-4-8-23;1-11-8-14(9-12(2)16(11)18)15(17)10-13-6-4-3-5-7-13;1-2/h2-13,15,17-18,20,25,30,33H,1,14,16,19,21H2;3-9,18H,10H2,1-2H3;1-2H3/b28-24-;;. The molecule has 278 valence electrons. The number of phenols is 1. The van der Waals surface area contributed by atoms with E-state index in [9.17, 15) is 19.8 Å². The highest BCUT2D eigenvalue weighted by Gasteiger charge is 2.22. The van der Waals surface area contributed by atoms with Gasteiger partial charge in [-0.25, -0.2) is 0 Å². The predicted octanol–water partition coefficient (Wildman–Crippen LogP) is 10.6. The molecule has 1 aliphatic rings. The lowest BCUT2D eigenvalue weighted by atomic mass is 9.83. The van der Waals surface area contributed by atoms with Gasteiger partial charge in [-0.1, -0.05) is 117 Å². The number of phenolic OH excluding ortho intramolecular Hbond substituents is 1. The average Bonchev–Trinajstić information content (AvgIpc) is 3.22. The molecule has 0 radical (unpaired) electrons. The molecule has 0 aliphatic heterocycles. The summed E-state index contributed by atoms with van der Waals surface area (Å²) in [5.41, 5.74) is 8.43. The molecule has 1 aliphatic carbocycles. The molecule has 2 unspecified atom stereocenters. The van der Waals surface area contributed by atoms with Crippen LogP contribution < -0.4 is 4.74 Å². The molecule has 0 bridgehead atoms. The Labute approximate surface area is 320 Å². The molecule has 0 saturated heterocycles. The van der Waals surface area contributed by atoms with Crippen molar-refractivity contribution in [1.29, 1.82) is 0 Å². The van der Waals surface area contributed by atoms with Crippen LogP contribution in [0.25, 0.3) is 5.57 Å². The highest BCUT2D eigenvalue weighted by atomic mass is 16.5. The number of aliphatic hydroxyl groups is 1. The van der Waals surface area contributed by atoms with Crippen molar-refractivity contribution < 1.29 is 24.5 Å². The maximum Gasteiger partial charge on any atom is 0.167 e. The first-order valence-electron chi connectivity index (χ1n) is 18.5. The SMILES string of the molecule is C=Nc1ccccc1/C(C=O)=C1/C=CC(C(O)Cc2ccc(OCc3ccccc3)cc2)CC1.CC.Cc1cc(C(=O)Cc2ccccc2)cc(C)c1O. The summed E-state index contributed by atoms with van der Waals surface area (Å²) in [6.07, 6.45) is 6.87. The second-order valence-corrected chi connectivity index (χ2v) is 13.0. The second-order valence-electron chi connectivity index (χ2n) is 13.0. The van der Waals surface area contributed by atoms with E-state index in [4.69, 9.17) is 4.74 Å². The van der Waals surface area contributed by atoms with Gasteiger partial charge in [0.05, 0.1) is 11.8 Å². The lowest BCUT2D eigenvalue weighted by molar-refractivity contribution is -0.103. The summed E-state index contributed by atoms with van der Waals surface area (Å²) in [5.74, 6) is 1.20. The van der Waals surface area contributed by atoms with Crippen molar-refractivity contribution in [3.8, 4) is 11.5 Å². The molecule has 2 atom stereocenters. The summed E-state index contributed by atoms with van der Waals surface area (Å²) in [7, 11) is 0. The fourth-order valence-corrected chi connectivity index (χ4v) is 6.29. The molecular weight excluding hydrogens is 671 g/mol.